The molecule has 2 amide bonds. The standard InChI is InChI=1S/C25H29N3O2/c29-25(28-17-11-19-6-1-3-9-23(19)28)26-21-12-15-27(16-13-21)14-5-7-20-18-30-24-10-4-2-8-22(20)24/h1-4,6,8-10,18,21H,5,7,11-17H2,(H,26,29). The molecule has 1 aromatic heterocycles. The van der Waals surface area contributed by atoms with Crippen molar-refractivity contribution in [2.45, 2.75) is 38.1 Å². The van der Waals surface area contributed by atoms with Crippen LogP contribution in [0.2, 0.25) is 0 Å². The van der Waals surface area contributed by atoms with E-state index in [0.29, 0.717) is 0 Å². The highest BCUT2D eigenvalue weighted by molar-refractivity contribution is 5.94. The highest BCUT2D eigenvalue weighted by Gasteiger charge is 2.27. The fourth-order valence-corrected chi connectivity index (χ4v) is 4.82. The van der Waals surface area contributed by atoms with Crippen molar-refractivity contribution >= 4 is 22.7 Å². The van der Waals surface area contributed by atoms with E-state index in [0.717, 1.165) is 69.6 Å². The Bertz CT molecular complexity index is 1020. The maximum atomic E-state index is 12.8. The van der Waals surface area contributed by atoms with Crippen LogP contribution < -0.4 is 10.2 Å². The van der Waals surface area contributed by atoms with Crippen molar-refractivity contribution in [3.63, 3.8) is 0 Å². The second-order valence-corrected chi connectivity index (χ2v) is 8.46. The first-order valence-corrected chi connectivity index (χ1v) is 11.1. The molecule has 0 spiro atoms. The molecule has 5 nitrogen and oxygen atoms in total. The summed E-state index contributed by atoms with van der Waals surface area (Å²) in [6.45, 7) is 3.98. The largest absolute Gasteiger partial charge is 0.464 e. The average Bonchev–Trinajstić information content (AvgIpc) is 3.39. The Balaban J connectivity index is 1.06. The Morgan fingerprint density at radius 1 is 1.03 bits per heavy atom. The number of amides is 2. The number of aryl methyl sites for hydroxylation is 1. The number of fused-ring (bicyclic) bond motifs is 2. The lowest BCUT2D eigenvalue weighted by Gasteiger charge is -2.33. The summed E-state index contributed by atoms with van der Waals surface area (Å²) in [7, 11) is 0. The first-order valence-electron chi connectivity index (χ1n) is 11.1. The maximum Gasteiger partial charge on any atom is 0.322 e. The summed E-state index contributed by atoms with van der Waals surface area (Å²) < 4.78 is 5.65. The highest BCUT2D eigenvalue weighted by Crippen LogP contribution is 2.27. The number of benzene rings is 2. The lowest BCUT2D eigenvalue weighted by Crippen LogP contribution is -2.49. The molecule has 0 bridgehead atoms. The first-order chi connectivity index (χ1) is 14.8. The van der Waals surface area contributed by atoms with E-state index in [4.69, 9.17) is 4.42 Å². The molecule has 2 aliphatic rings. The molecule has 30 heavy (non-hydrogen) atoms. The second-order valence-electron chi connectivity index (χ2n) is 8.46. The summed E-state index contributed by atoms with van der Waals surface area (Å²) in [6.07, 6.45) is 7.08. The van der Waals surface area contributed by atoms with Gasteiger partial charge in [0.2, 0.25) is 0 Å². The third-order valence-corrected chi connectivity index (χ3v) is 6.53. The Hall–Kier alpha value is -2.79. The van der Waals surface area contributed by atoms with Gasteiger partial charge in [0.1, 0.15) is 5.58 Å². The van der Waals surface area contributed by atoms with Gasteiger partial charge in [0, 0.05) is 36.7 Å². The number of anilines is 1. The number of carbonyl (C=O) groups excluding carboxylic acids is 1. The minimum absolute atomic E-state index is 0.0604. The first kappa shape index (κ1) is 19.2. The van der Waals surface area contributed by atoms with Crippen molar-refractivity contribution in [1.29, 1.82) is 0 Å². The van der Waals surface area contributed by atoms with Crippen LogP contribution in [0.1, 0.15) is 30.4 Å². The molecule has 2 aromatic carbocycles. The molecule has 1 N–H and O–H groups in total. The van der Waals surface area contributed by atoms with Crippen molar-refractivity contribution in [3.8, 4) is 0 Å². The number of likely N-dealkylation sites (tertiary alicyclic amines) is 1. The molecule has 156 valence electrons. The molecule has 0 aliphatic carbocycles. The number of piperidine rings is 1. The minimum atomic E-state index is 0.0604. The normalized spacial score (nSPS) is 17.4. The van der Waals surface area contributed by atoms with Gasteiger partial charge in [-0.1, -0.05) is 36.4 Å². The molecular formula is C25H29N3O2. The van der Waals surface area contributed by atoms with Crippen LogP contribution in [0.3, 0.4) is 0 Å². The third kappa shape index (κ3) is 3.94. The summed E-state index contributed by atoms with van der Waals surface area (Å²) in [4.78, 5) is 17.2. The zero-order valence-corrected chi connectivity index (χ0v) is 17.3. The molecule has 2 aliphatic heterocycles. The van der Waals surface area contributed by atoms with E-state index < -0.39 is 0 Å². The van der Waals surface area contributed by atoms with Gasteiger partial charge in [-0.15, -0.1) is 0 Å². The molecule has 0 radical (unpaired) electrons. The Morgan fingerprint density at radius 3 is 2.73 bits per heavy atom. The summed E-state index contributed by atoms with van der Waals surface area (Å²) >= 11 is 0. The Morgan fingerprint density at radius 2 is 1.83 bits per heavy atom. The van der Waals surface area contributed by atoms with Crippen LogP contribution in [0.15, 0.2) is 59.2 Å². The quantitative estimate of drug-likeness (QED) is 0.677. The van der Waals surface area contributed by atoms with E-state index in [-0.39, 0.29) is 12.1 Å². The van der Waals surface area contributed by atoms with Crippen LogP contribution in [0.25, 0.3) is 11.0 Å². The van der Waals surface area contributed by atoms with E-state index in [2.05, 4.69) is 28.4 Å². The summed E-state index contributed by atoms with van der Waals surface area (Å²) in [5, 5.41) is 4.51. The van der Waals surface area contributed by atoms with E-state index >= 15 is 0 Å². The predicted octanol–water partition coefficient (Wildman–Crippen LogP) is 4.60. The van der Waals surface area contributed by atoms with Gasteiger partial charge in [0.15, 0.2) is 0 Å². The SMILES string of the molecule is O=C(NC1CCN(CCCc2coc3ccccc23)CC1)N1CCc2ccccc21. The van der Waals surface area contributed by atoms with E-state index in [1.807, 2.05) is 41.5 Å². The molecule has 0 saturated carbocycles. The smallest absolute Gasteiger partial charge is 0.322 e. The number of para-hydroxylation sites is 2. The number of urea groups is 1. The monoisotopic (exact) mass is 403 g/mol. The van der Waals surface area contributed by atoms with E-state index in [1.165, 1.54) is 16.5 Å². The van der Waals surface area contributed by atoms with E-state index in [1.54, 1.807) is 0 Å². The van der Waals surface area contributed by atoms with Gasteiger partial charge < -0.3 is 14.6 Å². The van der Waals surface area contributed by atoms with Crippen LogP contribution in [0.5, 0.6) is 0 Å². The van der Waals surface area contributed by atoms with Crippen LogP contribution in [-0.4, -0.2) is 43.2 Å². The summed E-state index contributed by atoms with van der Waals surface area (Å²) in [5.41, 5.74) is 4.62. The second kappa shape index (κ2) is 8.52. The zero-order valence-electron chi connectivity index (χ0n) is 17.3. The number of hydrogen-bond acceptors (Lipinski definition) is 3. The van der Waals surface area contributed by atoms with Crippen molar-refractivity contribution < 1.29 is 9.21 Å². The molecule has 5 rings (SSSR count). The molecule has 0 unspecified atom stereocenters. The zero-order chi connectivity index (χ0) is 20.3. The van der Waals surface area contributed by atoms with Gasteiger partial charge in [0.25, 0.3) is 0 Å². The molecule has 0 atom stereocenters. The van der Waals surface area contributed by atoms with Gasteiger partial charge >= 0.3 is 6.03 Å². The fourth-order valence-electron chi connectivity index (χ4n) is 4.82. The lowest BCUT2D eigenvalue weighted by molar-refractivity contribution is 0.193. The average molecular weight is 404 g/mol. The molecule has 1 saturated heterocycles. The van der Waals surface area contributed by atoms with Gasteiger partial charge in [-0.3, -0.25) is 4.90 Å². The molecule has 3 aromatic rings. The predicted molar refractivity (Wildman–Crippen MR) is 120 cm³/mol. The van der Waals surface area contributed by atoms with Crippen LogP contribution in [0.4, 0.5) is 10.5 Å². The summed E-state index contributed by atoms with van der Waals surface area (Å²) in [5.74, 6) is 0. The van der Waals surface area contributed by atoms with Crippen LogP contribution >= 0.6 is 0 Å². The highest BCUT2D eigenvalue weighted by atomic mass is 16.3. The van der Waals surface area contributed by atoms with E-state index in [9.17, 15) is 4.79 Å². The van der Waals surface area contributed by atoms with Gasteiger partial charge in [-0.2, -0.15) is 0 Å². The molecular weight excluding hydrogens is 374 g/mol. The topological polar surface area (TPSA) is 48.7 Å². The van der Waals surface area contributed by atoms with Crippen molar-refractivity contribution in [2.24, 2.45) is 0 Å². The van der Waals surface area contributed by atoms with Gasteiger partial charge in [-0.05, 0) is 61.9 Å². The number of rotatable bonds is 5. The Kier molecular flexibility index (Phi) is 5.45. The Labute approximate surface area is 177 Å². The van der Waals surface area contributed by atoms with Crippen molar-refractivity contribution in [2.75, 3.05) is 31.1 Å². The number of carbonyl (C=O) groups is 1. The number of nitrogens with zero attached hydrogens (tertiary/aromatic N) is 2. The molecule has 5 heteroatoms. The minimum Gasteiger partial charge on any atom is -0.464 e. The lowest BCUT2D eigenvalue weighted by atomic mass is 10.0. The fraction of sp³-hybridized carbons (Fsp3) is 0.400. The number of hydrogen-bond donors (Lipinski definition) is 1. The third-order valence-electron chi connectivity index (χ3n) is 6.53. The maximum absolute atomic E-state index is 12.8. The molecule has 1 fully saturated rings. The van der Waals surface area contributed by atoms with Crippen LogP contribution in [-0.2, 0) is 12.8 Å². The van der Waals surface area contributed by atoms with Gasteiger partial charge in [-0.25, -0.2) is 4.79 Å². The molecule has 3 heterocycles. The van der Waals surface area contributed by atoms with Crippen molar-refractivity contribution in [3.05, 3.63) is 65.9 Å². The van der Waals surface area contributed by atoms with Gasteiger partial charge in [0.05, 0.1) is 6.26 Å². The number of furan rings is 1. The van der Waals surface area contributed by atoms with Crippen molar-refractivity contribution in [1.82, 2.24) is 10.2 Å². The number of nitrogens with one attached hydrogen (secondary N) is 1. The summed E-state index contributed by atoms with van der Waals surface area (Å²) in [6, 6.07) is 16.8. The van der Waals surface area contributed by atoms with Crippen LogP contribution in [0, 0.1) is 0 Å².